The van der Waals surface area contributed by atoms with E-state index in [1.54, 1.807) is 7.11 Å². The molecule has 0 radical (unpaired) electrons. The topological polar surface area (TPSA) is 73.9 Å². The number of nitrogens with one attached hydrogen (secondary N) is 1. The molecule has 6 nitrogen and oxygen atoms in total. The fourth-order valence-electron chi connectivity index (χ4n) is 5.19. The zero-order chi connectivity index (χ0) is 26.4. The lowest BCUT2D eigenvalue weighted by Crippen LogP contribution is -2.36. The van der Waals surface area contributed by atoms with E-state index in [0.717, 1.165) is 41.8 Å². The lowest BCUT2D eigenvalue weighted by atomic mass is 9.71. The highest BCUT2D eigenvalue weighted by Gasteiger charge is 2.41. The van der Waals surface area contributed by atoms with E-state index in [1.807, 2.05) is 50.2 Å². The number of allylic oxidation sites excluding steroid dienone is 3. The van der Waals surface area contributed by atoms with Gasteiger partial charge in [-0.3, -0.25) is 4.79 Å². The number of ether oxygens (including phenoxy) is 3. The Morgan fingerprint density at radius 2 is 1.76 bits per heavy atom. The normalized spacial score (nSPS) is 19.3. The Bertz CT molecular complexity index is 1200. The number of unbranched alkanes of at least 4 members (excludes halogenated alkanes) is 1. The van der Waals surface area contributed by atoms with Gasteiger partial charge in [0.05, 0.1) is 25.9 Å². The van der Waals surface area contributed by atoms with Gasteiger partial charge in [0.15, 0.2) is 17.3 Å². The Hall–Kier alpha value is -3.54. The van der Waals surface area contributed by atoms with Crippen LogP contribution in [0, 0.1) is 0 Å². The quantitative estimate of drug-likeness (QED) is 0.308. The maximum Gasteiger partial charge on any atom is 0.336 e. The second-order valence-electron chi connectivity index (χ2n) is 9.68. The van der Waals surface area contributed by atoms with Crippen LogP contribution in [-0.4, -0.2) is 32.1 Å². The van der Waals surface area contributed by atoms with Crippen molar-refractivity contribution in [3.63, 3.8) is 0 Å². The van der Waals surface area contributed by atoms with Crippen LogP contribution in [0.2, 0.25) is 0 Å². The third kappa shape index (κ3) is 5.74. The first-order chi connectivity index (χ1) is 18.0. The van der Waals surface area contributed by atoms with Crippen LogP contribution < -0.4 is 14.8 Å². The smallest absolute Gasteiger partial charge is 0.336 e. The summed E-state index contributed by atoms with van der Waals surface area (Å²) in [5.41, 5.74) is 4.67. The van der Waals surface area contributed by atoms with Crippen LogP contribution in [0.4, 0.5) is 0 Å². The maximum absolute atomic E-state index is 13.8. The fourth-order valence-corrected chi connectivity index (χ4v) is 5.19. The van der Waals surface area contributed by atoms with E-state index in [2.05, 4.69) is 24.4 Å². The SMILES string of the molecule is CCCCOC(=O)C1=C(C)NC2=C(C(=O)C[C@H](c3ccccc3)C2)[C@H]1c1ccc(OCCC)c(OC)c1. The van der Waals surface area contributed by atoms with Gasteiger partial charge in [0.25, 0.3) is 0 Å². The summed E-state index contributed by atoms with van der Waals surface area (Å²) in [4.78, 5) is 27.2. The summed E-state index contributed by atoms with van der Waals surface area (Å²) < 4.78 is 17.1. The van der Waals surface area contributed by atoms with Gasteiger partial charge in [0.1, 0.15) is 0 Å². The van der Waals surface area contributed by atoms with Crippen molar-refractivity contribution in [3.05, 3.63) is 82.2 Å². The predicted octanol–water partition coefficient (Wildman–Crippen LogP) is 6.19. The summed E-state index contributed by atoms with van der Waals surface area (Å²) in [5, 5.41) is 3.42. The Balaban J connectivity index is 1.77. The molecule has 2 aliphatic rings. The van der Waals surface area contributed by atoms with Crippen LogP contribution in [0.25, 0.3) is 0 Å². The summed E-state index contributed by atoms with van der Waals surface area (Å²) in [6.45, 7) is 6.91. The predicted molar refractivity (Wildman–Crippen MR) is 144 cm³/mol. The Morgan fingerprint density at radius 1 is 0.973 bits per heavy atom. The van der Waals surface area contributed by atoms with Gasteiger partial charge in [-0.1, -0.05) is 56.7 Å². The zero-order valence-electron chi connectivity index (χ0n) is 22.3. The van der Waals surface area contributed by atoms with E-state index >= 15 is 0 Å². The Kier molecular flexibility index (Phi) is 8.70. The zero-order valence-corrected chi connectivity index (χ0v) is 22.3. The fraction of sp³-hybridized carbons (Fsp3) is 0.419. The van der Waals surface area contributed by atoms with Gasteiger partial charge in [0, 0.05) is 29.3 Å². The number of hydrogen-bond donors (Lipinski definition) is 1. The van der Waals surface area contributed by atoms with Crippen LogP contribution >= 0.6 is 0 Å². The second-order valence-corrected chi connectivity index (χ2v) is 9.68. The van der Waals surface area contributed by atoms with Gasteiger partial charge in [-0.05, 0) is 55.4 Å². The second kappa shape index (κ2) is 12.1. The number of dihydropyridines is 1. The molecule has 1 aliphatic heterocycles. The van der Waals surface area contributed by atoms with E-state index in [4.69, 9.17) is 14.2 Å². The van der Waals surface area contributed by atoms with Gasteiger partial charge in [0.2, 0.25) is 0 Å². The first-order valence-corrected chi connectivity index (χ1v) is 13.2. The minimum atomic E-state index is -0.538. The lowest BCUT2D eigenvalue weighted by molar-refractivity contribution is -0.139. The molecule has 0 spiro atoms. The van der Waals surface area contributed by atoms with Gasteiger partial charge in [-0.25, -0.2) is 4.79 Å². The molecule has 1 N–H and O–H groups in total. The molecule has 2 aromatic rings. The third-order valence-corrected chi connectivity index (χ3v) is 7.03. The van der Waals surface area contributed by atoms with E-state index in [0.29, 0.717) is 48.7 Å². The van der Waals surface area contributed by atoms with Crippen molar-refractivity contribution >= 4 is 11.8 Å². The molecule has 2 atom stereocenters. The standard InChI is InChI=1S/C31H37NO5/c1-5-7-16-37-31(34)28-20(3)32-24-17-23(21-11-9-8-10-12-21)18-25(33)30(24)29(28)22-13-14-26(36-15-6-2)27(19-22)35-4/h8-14,19,23,29,32H,5-7,15-18H2,1-4H3/t23-,29+/m1/s1. The van der Waals surface area contributed by atoms with Crippen molar-refractivity contribution in [2.45, 2.75) is 64.7 Å². The first kappa shape index (κ1) is 26.5. The minimum absolute atomic E-state index is 0.0456. The van der Waals surface area contributed by atoms with Crippen molar-refractivity contribution in [2.75, 3.05) is 20.3 Å². The number of carbonyl (C=O) groups is 2. The molecule has 6 heteroatoms. The van der Waals surface area contributed by atoms with Gasteiger partial charge < -0.3 is 19.5 Å². The summed E-state index contributed by atoms with van der Waals surface area (Å²) in [7, 11) is 1.60. The molecule has 0 fully saturated rings. The maximum atomic E-state index is 13.8. The summed E-state index contributed by atoms with van der Waals surface area (Å²) in [6, 6.07) is 15.8. The number of Topliss-reactive ketones (excluding diaryl/α,β-unsaturated/α-hetero) is 1. The molecule has 0 aromatic heterocycles. The van der Waals surface area contributed by atoms with E-state index in [1.165, 1.54) is 0 Å². The number of esters is 1. The number of carbonyl (C=O) groups excluding carboxylic acids is 2. The number of benzene rings is 2. The molecular formula is C31H37NO5. The highest BCUT2D eigenvalue weighted by Crippen LogP contribution is 2.47. The molecular weight excluding hydrogens is 466 g/mol. The summed E-state index contributed by atoms with van der Waals surface area (Å²) >= 11 is 0. The van der Waals surface area contributed by atoms with Crippen molar-refractivity contribution in [1.29, 1.82) is 0 Å². The molecule has 2 aromatic carbocycles. The van der Waals surface area contributed by atoms with Crippen molar-refractivity contribution < 1.29 is 23.8 Å². The Labute approximate surface area is 219 Å². The van der Waals surface area contributed by atoms with Crippen LogP contribution in [-0.2, 0) is 14.3 Å². The highest BCUT2D eigenvalue weighted by atomic mass is 16.5. The average Bonchev–Trinajstić information content (AvgIpc) is 2.91. The van der Waals surface area contributed by atoms with Crippen molar-refractivity contribution in [3.8, 4) is 11.5 Å². The van der Waals surface area contributed by atoms with Crippen molar-refractivity contribution in [1.82, 2.24) is 5.32 Å². The minimum Gasteiger partial charge on any atom is -0.493 e. The number of rotatable bonds is 10. The number of methoxy groups -OCH3 is 1. The number of hydrogen-bond acceptors (Lipinski definition) is 6. The molecule has 0 saturated carbocycles. The van der Waals surface area contributed by atoms with Gasteiger partial charge in [-0.2, -0.15) is 0 Å². The Morgan fingerprint density at radius 3 is 2.46 bits per heavy atom. The molecule has 4 rings (SSSR count). The highest BCUT2D eigenvalue weighted by molar-refractivity contribution is 6.04. The summed E-state index contributed by atoms with van der Waals surface area (Å²) in [6.07, 6.45) is 3.69. The molecule has 1 heterocycles. The molecule has 0 amide bonds. The molecule has 1 aliphatic carbocycles. The van der Waals surface area contributed by atoms with Gasteiger partial charge >= 0.3 is 5.97 Å². The molecule has 0 saturated heterocycles. The summed E-state index contributed by atoms with van der Waals surface area (Å²) in [5.74, 6) is 0.425. The van der Waals surface area contributed by atoms with Crippen LogP contribution in [0.3, 0.4) is 0 Å². The van der Waals surface area contributed by atoms with Crippen LogP contribution in [0.1, 0.15) is 75.8 Å². The largest absolute Gasteiger partial charge is 0.493 e. The van der Waals surface area contributed by atoms with Crippen LogP contribution in [0.15, 0.2) is 71.1 Å². The van der Waals surface area contributed by atoms with E-state index < -0.39 is 11.9 Å². The lowest BCUT2D eigenvalue weighted by Gasteiger charge is -2.37. The van der Waals surface area contributed by atoms with E-state index in [9.17, 15) is 9.59 Å². The van der Waals surface area contributed by atoms with Crippen LogP contribution in [0.5, 0.6) is 11.5 Å². The monoisotopic (exact) mass is 503 g/mol. The van der Waals surface area contributed by atoms with E-state index in [-0.39, 0.29) is 11.7 Å². The third-order valence-electron chi connectivity index (χ3n) is 7.03. The molecule has 196 valence electrons. The molecule has 0 bridgehead atoms. The molecule has 37 heavy (non-hydrogen) atoms. The molecule has 0 unspecified atom stereocenters. The first-order valence-electron chi connectivity index (χ1n) is 13.2. The van der Waals surface area contributed by atoms with Gasteiger partial charge in [-0.15, -0.1) is 0 Å². The van der Waals surface area contributed by atoms with Crippen molar-refractivity contribution in [2.24, 2.45) is 0 Å². The number of ketones is 1. The average molecular weight is 504 g/mol.